The van der Waals surface area contributed by atoms with Crippen molar-refractivity contribution in [1.29, 1.82) is 0 Å². The second kappa shape index (κ2) is 10.9. The zero-order valence-electron chi connectivity index (χ0n) is 13.6. The molecule has 0 unspecified atom stereocenters. The summed E-state index contributed by atoms with van der Waals surface area (Å²) in [5.74, 6) is -0.452. The SMILES string of the molecule is C=C(C)C(=O)OCCOCCOCCOS(=O)(=O)c1ccccc1. The molecule has 0 bridgehead atoms. The average Bonchev–Trinajstić information content (AvgIpc) is 2.57. The average molecular weight is 358 g/mol. The molecule has 134 valence electrons. The molecule has 0 heterocycles. The van der Waals surface area contributed by atoms with Gasteiger partial charge in [0.05, 0.1) is 37.9 Å². The van der Waals surface area contributed by atoms with Crippen LogP contribution >= 0.6 is 0 Å². The molecule has 0 aliphatic carbocycles. The van der Waals surface area contributed by atoms with Gasteiger partial charge in [-0.05, 0) is 19.1 Å². The van der Waals surface area contributed by atoms with Crippen molar-refractivity contribution in [2.24, 2.45) is 0 Å². The monoisotopic (exact) mass is 358 g/mol. The van der Waals surface area contributed by atoms with Crippen molar-refractivity contribution in [2.75, 3.05) is 39.6 Å². The molecule has 0 saturated carbocycles. The van der Waals surface area contributed by atoms with Crippen molar-refractivity contribution in [3.05, 3.63) is 42.5 Å². The Morgan fingerprint density at radius 1 is 0.958 bits per heavy atom. The van der Waals surface area contributed by atoms with Gasteiger partial charge in [0.25, 0.3) is 10.1 Å². The predicted molar refractivity (Wildman–Crippen MR) is 87.0 cm³/mol. The molecule has 0 saturated heterocycles. The number of rotatable bonds is 12. The van der Waals surface area contributed by atoms with E-state index in [0.717, 1.165) is 0 Å². The second-order valence-corrected chi connectivity index (χ2v) is 6.35. The summed E-state index contributed by atoms with van der Waals surface area (Å²) in [7, 11) is -3.75. The van der Waals surface area contributed by atoms with Gasteiger partial charge in [-0.3, -0.25) is 4.18 Å². The fraction of sp³-hybridized carbons (Fsp3) is 0.438. The van der Waals surface area contributed by atoms with Crippen molar-refractivity contribution in [3.63, 3.8) is 0 Å². The Morgan fingerprint density at radius 3 is 2.08 bits per heavy atom. The Bertz CT molecular complexity index is 611. The largest absolute Gasteiger partial charge is 0.460 e. The molecule has 8 heteroatoms. The van der Waals surface area contributed by atoms with Crippen LogP contribution in [0, 0.1) is 0 Å². The van der Waals surface area contributed by atoms with Crippen LogP contribution in [0.3, 0.4) is 0 Å². The highest BCUT2D eigenvalue weighted by atomic mass is 32.2. The quantitative estimate of drug-likeness (QED) is 0.242. The number of carbonyl (C=O) groups is 1. The first-order valence-corrected chi connectivity index (χ1v) is 8.77. The highest BCUT2D eigenvalue weighted by Gasteiger charge is 2.13. The van der Waals surface area contributed by atoms with E-state index in [1.165, 1.54) is 12.1 Å². The Kier molecular flexibility index (Phi) is 9.24. The Morgan fingerprint density at radius 2 is 1.50 bits per heavy atom. The van der Waals surface area contributed by atoms with Crippen molar-refractivity contribution < 1.29 is 31.6 Å². The fourth-order valence-electron chi connectivity index (χ4n) is 1.50. The van der Waals surface area contributed by atoms with Gasteiger partial charge in [0, 0.05) is 5.57 Å². The molecule has 1 aromatic carbocycles. The first kappa shape index (κ1) is 20.3. The highest BCUT2D eigenvalue weighted by molar-refractivity contribution is 7.86. The van der Waals surface area contributed by atoms with Gasteiger partial charge < -0.3 is 14.2 Å². The molecule has 0 aromatic heterocycles. The molecule has 0 amide bonds. The fourth-order valence-corrected chi connectivity index (χ4v) is 2.41. The summed E-state index contributed by atoms with van der Waals surface area (Å²) < 4.78 is 43.7. The second-order valence-electron chi connectivity index (χ2n) is 4.73. The highest BCUT2D eigenvalue weighted by Crippen LogP contribution is 2.10. The summed E-state index contributed by atoms with van der Waals surface area (Å²) >= 11 is 0. The standard InChI is InChI=1S/C16H22O7S/c1-14(2)16(17)22-12-10-20-8-9-21-11-13-23-24(18,19)15-6-4-3-5-7-15/h3-7H,1,8-13H2,2H3. The Hall–Kier alpha value is -1.74. The van der Waals surface area contributed by atoms with E-state index in [2.05, 4.69) is 6.58 Å². The minimum atomic E-state index is -3.75. The molecule has 24 heavy (non-hydrogen) atoms. The molecular weight excluding hydrogens is 336 g/mol. The molecule has 0 radical (unpaired) electrons. The van der Waals surface area contributed by atoms with Gasteiger partial charge in [-0.2, -0.15) is 8.42 Å². The van der Waals surface area contributed by atoms with Crippen molar-refractivity contribution >= 4 is 16.1 Å². The van der Waals surface area contributed by atoms with Crippen LogP contribution in [-0.2, 0) is 33.3 Å². The van der Waals surface area contributed by atoms with Gasteiger partial charge in [-0.1, -0.05) is 24.8 Å². The zero-order chi connectivity index (χ0) is 17.8. The van der Waals surface area contributed by atoms with E-state index < -0.39 is 16.1 Å². The van der Waals surface area contributed by atoms with E-state index in [4.69, 9.17) is 18.4 Å². The maximum atomic E-state index is 11.8. The number of carbonyl (C=O) groups excluding carboxylic acids is 1. The van der Waals surface area contributed by atoms with E-state index in [0.29, 0.717) is 12.2 Å². The molecule has 1 aromatic rings. The van der Waals surface area contributed by atoms with Gasteiger partial charge in [0.2, 0.25) is 0 Å². The number of ether oxygens (including phenoxy) is 3. The summed E-state index contributed by atoms with van der Waals surface area (Å²) in [6, 6.07) is 7.90. The molecule has 0 atom stereocenters. The minimum absolute atomic E-state index is 0.0759. The molecule has 0 spiro atoms. The normalized spacial score (nSPS) is 11.2. The smallest absolute Gasteiger partial charge is 0.333 e. The lowest BCUT2D eigenvalue weighted by molar-refractivity contribution is -0.140. The first-order valence-electron chi connectivity index (χ1n) is 7.36. The van der Waals surface area contributed by atoms with Crippen molar-refractivity contribution in [1.82, 2.24) is 0 Å². The van der Waals surface area contributed by atoms with E-state index in [9.17, 15) is 13.2 Å². The molecule has 7 nitrogen and oxygen atoms in total. The number of esters is 1. The third kappa shape index (κ3) is 8.21. The topological polar surface area (TPSA) is 88.1 Å². The molecule has 0 aliphatic rings. The third-order valence-electron chi connectivity index (χ3n) is 2.68. The van der Waals surface area contributed by atoms with Crippen LogP contribution in [0.15, 0.2) is 47.4 Å². The lowest BCUT2D eigenvalue weighted by Gasteiger charge is -2.08. The van der Waals surface area contributed by atoms with E-state index in [1.54, 1.807) is 25.1 Å². The number of hydrogen-bond acceptors (Lipinski definition) is 7. The van der Waals surface area contributed by atoms with Crippen LogP contribution in [0.5, 0.6) is 0 Å². The van der Waals surface area contributed by atoms with Crippen LogP contribution in [0.4, 0.5) is 0 Å². The summed E-state index contributed by atoms with van der Waals surface area (Å²) in [6.07, 6.45) is 0. The van der Waals surface area contributed by atoms with Gasteiger partial charge in [0.15, 0.2) is 0 Å². The van der Waals surface area contributed by atoms with Gasteiger partial charge in [-0.25, -0.2) is 4.79 Å². The maximum absolute atomic E-state index is 11.8. The first-order chi connectivity index (χ1) is 11.4. The van der Waals surface area contributed by atoms with Gasteiger partial charge >= 0.3 is 5.97 Å². The lowest BCUT2D eigenvalue weighted by atomic mass is 10.4. The molecule has 0 fully saturated rings. The minimum Gasteiger partial charge on any atom is -0.460 e. The van der Waals surface area contributed by atoms with Crippen LogP contribution in [-0.4, -0.2) is 54.0 Å². The summed E-state index contributed by atoms with van der Waals surface area (Å²) in [6.45, 7) is 6.05. The molecule has 1 rings (SSSR count). The van der Waals surface area contributed by atoms with Crippen molar-refractivity contribution in [2.45, 2.75) is 11.8 Å². The Labute approximate surface area is 142 Å². The van der Waals surface area contributed by atoms with E-state index >= 15 is 0 Å². The van der Waals surface area contributed by atoms with Crippen molar-refractivity contribution in [3.8, 4) is 0 Å². The Balaban J connectivity index is 2.01. The van der Waals surface area contributed by atoms with Crippen LogP contribution in [0.25, 0.3) is 0 Å². The molecule has 0 N–H and O–H groups in total. The van der Waals surface area contributed by atoms with Crippen LogP contribution in [0.1, 0.15) is 6.92 Å². The zero-order valence-corrected chi connectivity index (χ0v) is 14.4. The van der Waals surface area contributed by atoms with Gasteiger partial charge in [0.1, 0.15) is 6.61 Å². The van der Waals surface area contributed by atoms with Crippen LogP contribution in [0.2, 0.25) is 0 Å². The predicted octanol–water partition coefficient (Wildman–Crippen LogP) is 1.54. The lowest BCUT2D eigenvalue weighted by Crippen LogP contribution is -2.15. The van der Waals surface area contributed by atoms with Gasteiger partial charge in [-0.15, -0.1) is 0 Å². The molecular formula is C16H22O7S. The number of benzene rings is 1. The maximum Gasteiger partial charge on any atom is 0.333 e. The van der Waals surface area contributed by atoms with E-state index in [1.807, 2.05) is 0 Å². The third-order valence-corrected chi connectivity index (χ3v) is 4.01. The molecule has 0 aliphatic heterocycles. The van der Waals surface area contributed by atoms with Crippen LogP contribution < -0.4 is 0 Å². The van der Waals surface area contributed by atoms with E-state index in [-0.39, 0.29) is 37.9 Å². The summed E-state index contributed by atoms with van der Waals surface area (Å²) in [5, 5.41) is 0. The summed E-state index contributed by atoms with van der Waals surface area (Å²) in [5.41, 5.74) is 0.337. The number of hydrogen-bond donors (Lipinski definition) is 0. The summed E-state index contributed by atoms with van der Waals surface area (Å²) in [4.78, 5) is 11.2.